The molecule has 0 saturated heterocycles. The van der Waals surface area contributed by atoms with E-state index < -0.39 is 50.9 Å². The first kappa shape index (κ1) is 18.0. The number of hydrogen-bond acceptors (Lipinski definition) is 2. The maximum absolute atomic E-state index is 14.1. The van der Waals surface area contributed by atoms with Gasteiger partial charge in [-0.1, -0.05) is 5.46 Å². The van der Waals surface area contributed by atoms with Gasteiger partial charge >= 0.3 is 0 Å². The summed E-state index contributed by atoms with van der Waals surface area (Å²) in [7, 11) is 5.16. The van der Waals surface area contributed by atoms with E-state index in [9.17, 15) is 26.3 Å². The van der Waals surface area contributed by atoms with Crippen LogP contribution in [0.1, 0.15) is 11.1 Å². The highest BCUT2D eigenvalue weighted by molar-refractivity contribution is 8.03. The van der Waals surface area contributed by atoms with Crippen LogP contribution in [0.2, 0.25) is 0 Å². The van der Waals surface area contributed by atoms with Crippen LogP contribution in [0.15, 0.2) is 29.2 Å². The molecule has 0 amide bonds. The van der Waals surface area contributed by atoms with Crippen LogP contribution >= 0.6 is 11.8 Å². The van der Waals surface area contributed by atoms with Crippen LogP contribution in [0.25, 0.3) is 11.7 Å². The molecule has 1 nitrogen and oxygen atoms in total. The summed E-state index contributed by atoms with van der Waals surface area (Å²) in [4.78, 5) is -0.709. The SMILES string of the molecule is [B]c1cc(F)c(/C(F)=C(\F)c2cc(F)c(SC#N)c(F)c2)c(F)c1. The van der Waals surface area contributed by atoms with E-state index in [1.165, 1.54) is 5.40 Å². The minimum Gasteiger partial charge on any atom is -0.206 e. The molecule has 0 atom stereocenters. The van der Waals surface area contributed by atoms with Crippen LogP contribution in [-0.4, -0.2) is 7.85 Å². The number of nitriles is 1. The molecule has 120 valence electrons. The third kappa shape index (κ3) is 3.43. The Hall–Kier alpha value is -2.34. The fraction of sp³-hybridized carbons (Fsp3) is 0. The summed E-state index contributed by atoms with van der Waals surface area (Å²) in [6.45, 7) is 0. The largest absolute Gasteiger partial charge is 0.206 e. The average Bonchev–Trinajstić information content (AvgIpc) is 2.48. The van der Waals surface area contributed by atoms with Gasteiger partial charge in [0.15, 0.2) is 11.7 Å². The molecule has 9 heteroatoms. The third-order valence-corrected chi connectivity index (χ3v) is 3.56. The van der Waals surface area contributed by atoms with Gasteiger partial charge in [-0.25, -0.2) is 26.3 Å². The number of thioether (sulfide) groups is 1. The highest BCUT2D eigenvalue weighted by Gasteiger charge is 2.22. The van der Waals surface area contributed by atoms with Crippen LogP contribution < -0.4 is 5.46 Å². The minimum absolute atomic E-state index is 0.150. The van der Waals surface area contributed by atoms with Crippen molar-refractivity contribution in [1.29, 1.82) is 5.26 Å². The molecule has 0 unspecified atom stereocenters. The number of rotatable bonds is 3. The molecule has 2 rings (SSSR count). The fourth-order valence-corrected chi connectivity index (χ4v) is 2.27. The molecule has 0 aliphatic carbocycles. The molecule has 0 fully saturated rings. The van der Waals surface area contributed by atoms with Gasteiger partial charge in [0.1, 0.15) is 36.5 Å². The minimum atomic E-state index is -1.98. The summed E-state index contributed by atoms with van der Waals surface area (Å²) in [6.07, 6.45) is 0. The van der Waals surface area contributed by atoms with E-state index in [4.69, 9.17) is 13.1 Å². The van der Waals surface area contributed by atoms with Crippen molar-refractivity contribution >= 4 is 36.7 Å². The Morgan fingerprint density at radius 2 is 1.38 bits per heavy atom. The summed E-state index contributed by atoms with van der Waals surface area (Å²) >= 11 is 0.150. The first-order valence-corrected chi connectivity index (χ1v) is 6.93. The lowest BCUT2D eigenvalue weighted by Crippen LogP contribution is -2.07. The summed E-state index contributed by atoms with van der Waals surface area (Å²) in [5.41, 5.74) is -2.62. The van der Waals surface area contributed by atoms with Gasteiger partial charge in [0.05, 0.1) is 10.5 Å². The normalized spacial score (nSPS) is 11.9. The number of thiocyanates is 1. The van der Waals surface area contributed by atoms with Crippen LogP contribution in [0.5, 0.6) is 0 Å². The highest BCUT2D eigenvalue weighted by Crippen LogP contribution is 2.34. The number of halogens is 6. The molecule has 0 heterocycles. The number of nitrogens with zero attached hydrogens (tertiary/aromatic N) is 1. The first-order chi connectivity index (χ1) is 11.3. The van der Waals surface area contributed by atoms with E-state index in [1.807, 2.05) is 0 Å². The molecule has 0 N–H and O–H groups in total. The Labute approximate surface area is 138 Å². The van der Waals surface area contributed by atoms with Crippen molar-refractivity contribution in [2.24, 2.45) is 0 Å². The Balaban J connectivity index is 2.61. The zero-order chi connectivity index (χ0) is 18.0. The van der Waals surface area contributed by atoms with E-state index in [-0.39, 0.29) is 17.2 Å². The quantitative estimate of drug-likeness (QED) is 0.268. The monoisotopic (exact) mass is 355 g/mol. The van der Waals surface area contributed by atoms with Crippen molar-refractivity contribution in [3.05, 3.63) is 58.7 Å². The van der Waals surface area contributed by atoms with Gasteiger partial charge in [-0.05, 0) is 36.0 Å². The Morgan fingerprint density at radius 1 is 0.875 bits per heavy atom. The van der Waals surface area contributed by atoms with Crippen LogP contribution in [0, 0.1) is 33.9 Å². The second kappa shape index (κ2) is 7.05. The van der Waals surface area contributed by atoms with Gasteiger partial charge in [-0.15, -0.1) is 0 Å². The first-order valence-electron chi connectivity index (χ1n) is 6.11. The summed E-state index contributed by atoms with van der Waals surface area (Å²) < 4.78 is 82.7. The maximum atomic E-state index is 14.1. The van der Waals surface area contributed by atoms with E-state index in [0.29, 0.717) is 24.3 Å². The zero-order valence-corrected chi connectivity index (χ0v) is 12.3. The Kier molecular flexibility index (Phi) is 5.29. The molecule has 0 aromatic heterocycles. The highest BCUT2D eigenvalue weighted by atomic mass is 32.2. The van der Waals surface area contributed by atoms with Crippen molar-refractivity contribution in [2.75, 3.05) is 0 Å². The second-order valence-electron chi connectivity index (χ2n) is 4.45. The molecule has 2 aromatic rings. The van der Waals surface area contributed by atoms with Crippen LogP contribution in [0.4, 0.5) is 26.3 Å². The summed E-state index contributed by atoms with van der Waals surface area (Å²) in [6, 6.07) is 1.95. The van der Waals surface area contributed by atoms with E-state index >= 15 is 0 Å². The predicted molar refractivity (Wildman–Crippen MR) is 78.6 cm³/mol. The van der Waals surface area contributed by atoms with Gasteiger partial charge in [-0.2, -0.15) is 5.26 Å². The molecule has 0 aliphatic heterocycles. The topological polar surface area (TPSA) is 23.8 Å². The lowest BCUT2D eigenvalue weighted by Gasteiger charge is -2.08. The third-order valence-electron chi connectivity index (χ3n) is 2.88. The van der Waals surface area contributed by atoms with E-state index in [2.05, 4.69) is 0 Å². The molecule has 2 radical (unpaired) electrons. The molecule has 2 aromatic carbocycles. The maximum Gasteiger partial charge on any atom is 0.172 e. The van der Waals surface area contributed by atoms with Gasteiger partial charge in [0.25, 0.3) is 0 Å². The van der Waals surface area contributed by atoms with Gasteiger partial charge in [0, 0.05) is 5.56 Å². The summed E-state index contributed by atoms with van der Waals surface area (Å²) in [5.74, 6) is -9.45. The average molecular weight is 355 g/mol. The predicted octanol–water partition coefficient (Wildman–Crippen LogP) is 4.37. The number of benzene rings is 2. The van der Waals surface area contributed by atoms with Crippen molar-refractivity contribution in [3.63, 3.8) is 0 Å². The van der Waals surface area contributed by atoms with E-state index in [1.54, 1.807) is 0 Å². The van der Waals surface area contributed by atoms with Crippen LogP contribution in [0.3, 0.4) is 0 Å². The molecule has 0 saturated carbocycles. The summed E-state index contributed by atoms with van der Waals surface area (Å²) in [5, 5.41) is 9.84. The van der Waals surface area contributed by atoms with Gasteiger partial charge < -0.3 is 0 Å². The molecule has 24 heavy (non-hydrogen) atoms. The molecular formula is C15H4BF6NS. The molecule has 0 bridgehead atoms. The Bertz CT molecular complexity index is 844. The zero-order valence-electron chi connectivity index (χ0n) is 11.5. The lowest BCUT2D eigenvalue weighted by molar-refractivity contribution is 0.538. The Morgan fingerprint density at radius 3 is 1.83 bits per heavy atom. The standard InChI is InChI=1S/C15H4BF6NS/c16-7-3-8(17)12(9(18)4-7)14(22)13(21)6-1-10(19)15(24-5-23)11(20)2-6/h1-4H/b14-13+. The lowest BCUT2D eigenvalue weighted by atomic mass is 9.94. The number of hydrogen-bond donors (Lipinski definition) is 0. The van der Waals surface area contributed by atoms with Crippen molar-refractivity contribution in [3.8, 4) is 5.40 Å². The van der Waals surface area contributed by atoms with Gasteiger partial charge in [0.2, 0.25) is 0 Å². The van der Waals surface area contributed by atoms with Crippen LogP contribution in [-0.2, 0) is 0 Å². The van der Waals surface area contributed by atoms with Crippen molar-refractivity contribution < 1.29 is 26.3 Å². The molecule has 0 spiro atoms. The van der Waals surface area contributed by atoms with Crippen molar-refractivity contribution in [1.82, 2.24) is 0 Å². The smallest absolute Gasteiger partial charge is 0.172 e. The molecule has 0 aliphatic rings. The molecular weight excluding hydrogens is 351 g/mol. The van der Waals surface area contributed by atoms with Gasteiger partial charge in [-0.3, -0.25) is 0 Å². The second-order valence-corrected chi connectivity index (χ2v) is 5.24. The fourth-order valence-electron chi connectivity index (χ4n) is 1.87. The van der Waals surface area contributed by atoms with E-state index in [0.717, 1.165) is 0 Å². The van der Waals surface area contributed by atoms with Crippen molar-refractivity contribution in [2.45, 2.75) is 4.90 Å².